The molecule has 6 heteroatoms. The first-order chi connectivity index (χ1) is 21.3. The zero-order valence-electron chi connectivity index (χ0n) is 28.9. The zero-order chi connectivity index (χ0) is 31.3. The van der Waals surface area contributed by atoms with Gasteiger partial charge in [0.15, 0.2) is 6.29 Å². The number of carbonyl (C=O) groups excluding carboxylic acids is 1. The SMILES string of the molecule is CCC(CC(CC(C)C1CCC(OC(C)=O)CC1)C1CCC(O)CC1)C1CCC(OC(C)OCCSC2CCCCC2)CC1. The number of carbonyl (C=O) groups is 1. The average molecular weight is 637 g/mol. The van der Waals surface area contributed by atoms with Crippen LogP contribution >= 0.6 is 11.8 Å². The van der Waals surface area contributed by atoms with E-state index < -0.39 is 0 Å². The molecule has 1 N–H and O–H groups in total. The van der Waals surface area contributed by atoms with Crippen LogP contribution in [0, 0.1) is 35.5 Å². The third-order valence-electron chi connectivity index (χ3n) is 12.2. The number of hydrogen-bond acceptors (Lipinski definition) is 6. The van der Waals surface area contributed by atoms with Crippen LogP contribution in [0.15, 0.2) is 0 Å². The number of hydrogen-bond donors (Lipinski definition) is 1. The number of rotatable bonds is 16. The van der Waals surface area contributed by atoms with Gasteiger partial charge in [0.05, 0.1) is 18.8 Å². The Morgan fingerprint density at radius 2 is 1.34 bits per heavy atom. The molecular formula is C38H68O5S. The van der Waals surface area contributed by atoms with Crippen molar-refractivity contribution in [1.82, 2.24) is 0 Å². The first kappa shape index (κ1) is 36.5. The molecule has 0 saturated heterocycles. The van der Waals surface area contributed by atoms with E-state index in [0.717, 1.165) is 72.9 Å². The van der Waals surface area contributed by atoms with E-state index in [2.05, 4.69) is 32.5 Å². The van der Waals surface area contributed by atoms with E-state index >= 15 is 0 Å². The van der Waals surface area contributed by atoms with Crippen LogP contribution in [0.3, 0.4) is 0 Å². The van der Waals surface area contributed by atoms with Gasteiger partial charge in [-0.05, 0) is 145 Å². The van der Waals surface area contributed by atoms with Crippen LogP contribution in [0.5, 0.6) is 0 Å². The van der Waals surface area contributed by atoms with Gasteiger partial charge in [0.2, 0.25) is 0 Å². The molecule has 4 unspecified atom stereocenters. The van der Waals surface area contributed by atoms with Crippen molar-refractivity contribution in [2.75, 3.05) is 12.4 Å². The minimum atomic E-state index is -0.130. The van der Waals surface area contributed by atoms with Crippen molar-refractivity contribution in [3.05, 3.63) is 0 Å². The predicted octanol–water partition coefficient (Wildman–Crippen LogP) is 9.72. The van der Waals surface area contributed by atoms with E-state index in [1.165, 1.54) is 103 Å². The molecule has 5 nitrogen and oxygen atoms in total. The molecule has 4 rings (SSSR count). The minimum Gasteiger partial charge on any atom is -0.463 e. The second kappa shape index (κ2) is 19.5. The van der Waals surface area contributed by atoms with E-state index in [-0.39, 0.29) is 24.5 Å². The molecular weight excluding hydrogens is 568 g/mol. The van der Waals surface area contributed by atoms with Gasteiger partial charge in [-0.3, -0.25) is 4.79 Å². The summed E-state index contributed by atoms with van der Waals surface area (Å²) in [5.41, 5.74) is 0. The third-order valence-corrected chi connectivity index (χ3v) is 13.5. The molecule has 0 aromatic rings. The molecule has 0 heterocycles. The van der Waals surface area contributed by atoms with Gasteiger partial charge in [0, 0.05) is 17.9 Å². The first-order valence-electron chi connectivity index (χ1n) is 19.0. The highest BCUT2D eigenvalue weighted by atomic mass is 32.2. The second-order valence-corrected chi connectivity index (χ2v) is 16.7. The maximum absolute atomic E-state index is 11.4. The lowest BCUT2D eigenvalue weighted by Gasteiger charge is -2.41. The maximum Gasteiger partial charge on any atom is 0.302 e. The molecule has 256 valence electrons. The van der Waals surface area contributed by atoms with Crippen molar-refractivity contribution in [3.8, 4) is 0 Å². The van der Waals surface area contributed by atoms with Crippen molar-refractivity contribution in [3.63, 3.8) is 0 Å². The summed E-state index contributed by atoms with van der Waals surface area (Å²) in [5.74, 6) is 5.58. The Balaban J connectivity index is 1.21. The first-order valence-corrected chi connectivity index (χ1v) is 20.1. The van der Waals surface area contributed by atoms with Gasteiger partial charge in [-0.15, -0.1) is 0 Å². The number of esters is 1. The third kappa shape index (κ3) is 12.4. The van der Waals surface area contributed by atoms with E-state index in [1.54, 1.807) is 6.92 Å². The average Bonchev–Trinajstić information content (AvgIpc) is 3.03. The summed E-state index contributed by atoms with van der Waals surface area (Å²) in [6, 6.07) is 0. The Morgan fingerprint density at radius 3 is 1.98 bits per heavy atom. The second-order valence-electron chi connectivity index (χ2n) is 15.3. The van der Waals surface area contributed by atoms with Gasteiger partial charge in [-0.1, -0.05) is 39.5 Å². The quantitative estimate of drug-likeness (QED) is 0.103. The molecule has 0 aromatic heterocycles. The summed E-state index contributed by atoms with van der Waals surface area (Å²) < 4.78 is 18.0. The summed E-state index contributed by atoms with van der Waals surface area (Å²) >= 11 is 2.11. The largest absolute Gasteiger partial charge is 0.463 e. The molecule has 0 amide bonds. The Labute approximate surface area is 275 Å². The minimum absolute atomic E-state index is 0.0832. The van der Waals surface area contributed by atoms with Gasteiger partial charge in [0.1, 0.15) is 6.10 Å². The smallest absolute Gasteiger partial charge is 0.302 e. The van der Waals surface area contributed by atoms with Crippen LogP contribution < -0.4 is 0 Å². The summed E-state index contributed by atoms with van der Waals surface area (Å²) in [6.07, 6.45) is 25.0. The molecule has 0 bridgehead atoms. The van der Waals surface area contributed by atoms with Crippen molar-refractivity contribution in [1.29, 1.82) is 0 Å². The Hall–Kier alpha value is -0.300. The fourth-order valence-electron chi connectivity index (χ4n) is 9.48. The highest BCUT2D eigenvalue weighted by molar-refractivity contribution is 7.99. The standard InChI is InChI=1S/C38H68O5S/c1-5-30(32-15-21-37(22-16-32)43-29(4)41-23-24-44-38-9-7-6-8-10-38)26-34(33-11-17-35(40)18-12-33)25-27(2)31-13-19-36(20-14-31)42-28(3)39/h27,29-38,40H,5-26H2,1-4H3. The van der Waals surface area contributed by atoms with Crippen LogP contribution in [0.2, 0.25) is 0 Å². The molecule has 0 aliphatic heterocycles. The highest BCUT2D eigenvalue weighted by Gasteiger charge is 2.36. The van der Waals surface area contributed by atoms with E-state index in [1.807, 2.05) is 0 Å². The summed E-state index contributed by atoms with van der Waals surface area (Å²) in [6.45, 7) is 9.38. The molecule has 4 aliphatic carbocycles. The Morgan fingerprint density at radius 1 is 0.750 bits per heavy atom. The molecule has 0 radical (unpaired) electrons. The maximum atomic E-state index is 11.4. The monoisotopic (exact) mass is 636 g/mol. The molecule has 4 atom stereocenters. The van der Waals surface area contributed by atoms with Gasteiger partial charge >= 0.3 is 5.97 Å². The zero-order valence-corrected chi connectivity index (χ0v) is 29.7. The lowest BCUT2D eigenvalue weighted by molar-refractivity contribution is -0.166. The number of aliphatic hydroxyl groups excluding tert-OH is 1. The van der Waals surface area contributed by atoms with Gasteiger partial charge in [0.25, 0.3) is 0 Å². The summed E-state index contributed by atoms with van der Waals surface area (Å²) in [4.78, 5) is 11.4. The summed E-state index contributed by atoms with van der Waals surface area (Å²) in [7, 11) is 0. The molecule has 4 aliphatic rings. The molecule has 4 saturated carbocycles. The lowest BCUT2D eigenvalue weighted by Crippen LogP contribution is -2.33. The van der Waals surface area contributed by atoms with Gasteiger partial charge in [-0.25, -0.2) is 0 Å². The molecule has 0 spiro atoms. The highest BCUT2D eigenvalue weighted by Crippen LogP contribution is 2.44. The normalized spacial score (nSPS) is 33.3. The molecule has 4 fully saturated rings. The van der Waals surface area contributed by atoms with Crippen molar-refractivity contribution in [2.24, 2.45) is 35.5 Å². The van der Waals surface area contributed by atoms with Crippen molar-refractivity contribution < 1.29 is 24.1 Å². The van der Waals surface area contributed by atoms with Crippen LogP contribution in [-0.2, 0) is 19.0 Å². The molecule has 0 aromatic carbocycles. The van der Waals surface area contributed by atoms with Crippen LogP contribution in [-0.4, -0.2) is 53.3 Å². The van der Waals surface area contributed by atoms with Crippen molar-refractivity contribution >= 4 is 17.7 Å². The topological polar surface area (TPSA) is 65.0 Å². The fourth-order valence-corrected chi connectivity index (χ4v) is 10.7. The van der Waals surface area contributed by atoms with Crippen LogP contribution in [0.4, 0.5) is 0 Å². The lowest BCUT2D eigenvalue weighted by atomic mass is 9.66. The van der Waals surface area contributed by atoms with Crippen LogP contribution in [0.25, 0.3) is 0 Å². The van der Waals surface area contributed by atoms with E-state index in [9.17, 15) is 9.90 Å². The fraction of sp³-hybridized carbons (Fsp3) is 0.974. The van der Waals surface area contributed by atoms with E-state index in [4.69, 9.17) is 14.2 Å². The van der Waals surface area contributed by atoms with Crippen molar-refractivity contribution in [2.45, 2.75) is 186 Å². The van der Waals surface area contributed by atoms with Crippen LogP contribution in [0.1, 0.15) is 156 Å². The number of aliphatic hydroxyl groups is 1. The predicted molar refractivity (Wildman–Crippen MR) is 183 cm³/mol. The van der Waals surface area contributed by atoms with Gasteiger partial charge < -0.3 is 19.3 Å². The molecule has 44 heavy (non-hydrogen) atoms. The number of thioether (sulfide) groups is 1. The van der Waals surface area contributed by atoms with E-state index in [0.29, 0.717) is 12.0 Å². The summed E-state index contributed by atoms with van der Waals surface area (Å²) in [5, 5.41) is 11.1. The van der Waals surface area contributed by atoms with Gasteiger partial charge in [-0.2, -0.15) is 11.8 Å². The Kier molecular flexibility index (Phi) is 16.2. The number of ether oxygens (including phenoxy) is 3. The Bertz CT molecular complexity index is 778.